The van der Waals surface area contributed by atoms with Crippen LogP contribution >= 0.6 is 11.5 Å². The van der Waals surface area contributed by atoms with E-state index in [1.54, 1.807) is 5.01 Å². The molecular formula is C7H9N3S. The fraction of sp³-hybridized carbons (Fsp3) is 0.286. The third-order valence-electron chi connectivity index (χ3n) is 1.89. The van der Waals surface area contributed by atoms with E-state index >= 15 is 0 Å². The number of nitrogens with two attached hydrogens (primary N) is 1. The van der Waals surface area contributed by atoms with Crippen LogP contribution in [-0.2, 0) is 0 Å². The maximum absolute atomic E-state index is 5.69. The highest BCUT2D eigenvalue weighted by atomic mass is 32.1. The normalized spacial score (nSPS) is 16.2. The van der Waals surface area contributed by atoms with Crippen molar-refractivity contribution >= 4 is 23.3 Å². The largest absolute Gasteiger partial charge is 0.311 e. The van der Waals surface area contributed by atoms with E-state index in [4.69, 9.17) is 5.84 Å². The van der Waals surface area contributed by atoms with E-state index in [0.717, 1.165) is 12.2 Å². The Bertz CT molecular complexity index is 379. The number of rotatable bonds is 0. The van der Waals surface area contributed by atoms with Gasteiger partial charge in [0.25, 0.3) is 0 Å². The molecule has 1 aromatic rings. The number of nitrogens with zero attached hydrogens (tertiary/aromatic N) is 2. The Balaban J connectivity index is 2.82. The standard InChI is InChI=1S/C7H9N3S/c1-5-6-4-9-11-7(6)2-3-10(5)8/h2,4H,3,8H2,1H3. The van der Waals surface area contributed by atoms with E-state index in [-0.39, 0.29) is 0 Å². The van der Waals surface area contributed by atoms with Gasteiger partial charge in [-0.3, -0.25) is 0 Å². The molecule has 1 aliphatic heterocycles. The van der Waals surface area contributed by atoms with Crippen molar-refractivity contribution in [1.82, 2.24) is 9.38 Å². The van der Waals surface area contributed by atoms with Gasteiger partial charge in [0.2, 0.25) is 0 Å². The van der Waals surface area contributed by atoms with Crippen LogP contribution in [0.3, 0.4) is 0 Å². The average molecular weight is 167 g/mol. The average Bonchev–Trinajstić information content (AvgIpc) is 2.45. The smallest absolute Gasteiger partial charge is 0.0546 e. The van der Waals surface area contributed by atoms with Crippen LogP contribution in [0.1, 0.15) is 6.92 Å². The molecule has 0 atom stereocenters. The van der Waals surface area contributed by atoms with Gasteiger partial charge >= 0.3 is 0 Å². The molecule has 4 heteroatoms. The van der Waals surface area contributed by atoms with Gasteiger partial charge < -0.3 is 5.01 Å². The van der Waals surface area contributed by atoms with E-state index in [0.29, 0.717) is 0 Å². The summed E-state index contributed by atoms with van der Waals surface area (Å²) in [6, 6.07) is 0. The maximum atomic E-state index is 5.69. The van der Waals surface area contributed by atoms with Crippen molar-refractivity contribution in [3.05, 3.63) is 15.9 Å². The van der Waals surface area contributed by atoms with Crippen molar-refractivity contribution in [1.29, 1.82) is 0 Å². The highest BCUT2D eigenvalue weighted by molar-refractivity contribution is 7.03. The van der Waals surface area contributed by atoms with Gasteiger partial charge in [-0.1, -0.05) is 0 Å². The van der Waals surface area contributed by atoms with Crippen molar-refractivity contribution in [2.24, 2.45) is 5.84 Å². The molecule has 0 unspecified atom stereocenters. The van der Waals surface area contributed by atoms with Gasteiger partial charge in [-0.15, -0.1) is 0 Å². The number of hydrogen-bond acceptors (Lipinski definition) is 4. The van der Waals surface area contributed by atoms with Crippen LogP contribution in [0.5, 0.6) is 0 Å². The Morgan fingerprint density at radius 2 is 2.55 bits per heavy atom. The lowest BCUT2D eigenvalue weighted by Gasteiger charge is -2.18. The van der Waals surface area contributed by atoms with Crippen LogP contribution in [-0.4, -0.2) is 15.9 Å². The maximum Gasteiger partial charge on any atom is 0.0546 e. The zero-order valence-electron chi connectivity index (χ0n) is 6.24. The molecule has 0 spiro atoms. The number of hydrazine groups is 1. The molecule has 0 amide bonds. The van der Waals surface area contributed by atoms with E-state index in [2.05, 4.69) is 10.4 Å². The first-order valence-corrected chi connectivity index (χ1v) is 4.20. The second kappa shape index (κ2) is 2.32. The molecule has 0 aliphatic carbocycles. The Morgan fingerprint density at radius 1 is 1.73 bits per heavy atom. The quantitative estimate of drug-likeness (QED) is 0.516. The van der Waals surface area contributed by atoms with Gasteiger partial charge in [0.15, 0.2) is 0 Å². The first-order valence-electron chi connectivity index (χ1n) is 3.43. The van der Waals surface area contributed by atoms with Crippen LogP contribution in [0.4, 0.5) is 0 Å². The lowest BCUT2D eigenvalue weighted by Crippen LogP contribution is -2.40. The minimum absolute atomic E-state index is 0.793. The molecule has 0 saturated carbocycles. The number of hydrogen-bond donors (Lipinski definition) is 1. The van der Waals surface area contributed by atoms with Crippen LogP contribution in [0, 0.1) is 0 Å². The molecule has 58 valence electrons. The summed E-state index contributed by atoms with van der Waals surface area (Å²) >= 11 is 1.52. The highest BCUT2D eigenvalue weighted by Crippen LogP contribution is 1.97. The Labute approximate surface area is 68.6 Å². The molecule has 2 N–H and O–H groups in total. The van der Waals surface area contributed by atoms with E-state index in [1.807, 2.05) is 13.1 Å². The van der Waals surface area contributed by atoms with Crippen molar-refractivity contribution in [2.75, 3.05) is 6.54 Å². The summed E-state index contributed by atoms with van der Waals surface area (Å²) in [5.74, 6) is 5.69. The second-order valence-corrected chi connectivity index (χ2v) is 3.38. The minimum Gasteiger partial charge on any atom is -0.311 e. The summed E-state index contributed by atoms with van der Waals surface area (Å²) < 4.78 is 5.34. The van der Waals surface area contributed by atoms with E-state index < -0.39 is 0 Å². The molecule has 0 fully saturated rings. The molecule has 0 aromatic carbocycles. The molecule has 1 aromatic heterocycles. The third-order valence-corrected chi connectivity index (χ3v) is 2.69. The lowest BCUT2D eigenvalue weighted by atomic mass is 10.3. The van der Waals surface area contributed by atoms with E-state index in [9.17, 15) is 0 Å². The van der Waals surface area contributed by atoms with Gasteiger partial charge in [0.1, 0.15) is 0 Å². The molecule has 1 aliphatic rings. The van der Waals surface area contributed by atoms with Gasteiger partial charge in [-0.05, 0) is 24.5 Å². The van der Waals surface area contributed by atoms with E-state index in [1.165, 1.54) is 21.3 Å². The number of aromatic nitrogens is 1. The predicted octanol–water partition coefficient (Wildman–Crippen LogP) is -0.759. The molecule has 3 nitrogen and oxygen atoms in total. The summed E-state index contributed by atoms with van der Waals surface area (Å²) in [6.07, 6.45) is 3.96. The fourth-order valence-corrected chi connectivity index (χ4v) is 1.86. The van der Waals surface area contributed by atoms with Gasteiger partial charge in [0, 0.05) is 10.9 Å². The summed E-state index contributed by atoms with van der Waals surface area (Å²) in [5, 5.41) is 2.90. The Hall–Kier alpha value is -0.870. The van der Waals surface area contributed by atoms with Crippen molar-refractivity contribution in [3.8, 4) is 0 Å². The predicted molar refractivity (Wildman–Crippen MR) is 45.8 cm³/mol. The van der Waals surface area contributed by atoms with Gasteiger partial charge in [-0.2, -0.15) is 4.37 Å². The zero-order chi connectivity index (χ0) is 7.84. The zero-order valence-corrected chi connectivity index (χ0v) is 7.06. The molecular weight excluding hydrogens is 158 g/mol. The first-order chi connectivity index (χ1) is 5.29. The summed E-state index contributed by atoms with van der Waals surface area (Å²) in [5.41, 5.74) is 1.11. The molecule has 11 heavy (non-hydrogen) atoms. The van der Waals surface area contributed by atoms with Crippen molar-refractivity contribution in [3.63, 3.8) is 0 Å². The SMILES string of the molecule is CC1=c2cnsc2=CCN1N. The number of fused-ring (bicyclic) bond motifs is 1. The second-order valence-electron chi connectivity index (χ2n) is 2.55. The molecule has 2 rings (SSSR count). The van der Waals surface area contributed by atoms with Gasteiger partial charge in [0.05, 0.1) is 17.3 Å². The summed E-state index contributed by atoms with van der Waals surface area (Å²) in [7, 11) is 0. The molecule has 0 saturated heterocycles. The van der Waals surface area contributed by atoms with Crippen LogP contribution in [0.25, 0.3) is 11.8 Å². The van der Waals surface area contributed by atoms with Crippen molar-refractivity contribution < 1.29 is 0 Å². The third kappa shape index (κ3) is 0.948. The van der Waals surface area contributed by atoms with Crippen LogP contribution in [0.15, 0.2) is 6.20 Å². The molecule has 2 heterocycles. The molecule has 0 radical (unpaired) electrons. The Morgan fingerprint density at radius 3 is 3.36 bits per heavy atom. The van der Waals surface area contributed by atoms with Gasteiger partial charge in [-0.25, -0.2) is 5.84 Å². The minimum atomic E-state index is 0.793. The first kappa shape index (κ1) is 6.82. The fourth-order valence-electron chi connectivity index (χ4n) is 1.14. The lowest BCUT2D eigenvalue weighted by molar-refractivity contribution is 0.462. The Kier molecular flexibility index (Phi) is 1.44. The monoisotopic (exact) mass is 167 g/mol. The summed E-state index contributed by atoms with van der Waals surface area (Å²) in [4.78, 5) is 0. The van der Waals surface area contributed by atoms with Crippen molar-refractivity contribution in [2.45, 2.75) is 6.92 Å². The molecule has 0 bridgehead atoms. The van der Waals surface area contributed by atoms with Crippen LogP contribution < -0.4 is 15.6 Å². The topological polar surface area (TPSA) is 42.2 Å². The van der Waals surface area contributed by atoms with Crippen LogP contribution in [0.2, 0.25) is 0 Å². The highest BCUT2D eigenvalue weighted by Gasteiger charge is 2.05. The summed E-state index contributed by atoms with van der Waals surface area (Å²) in [6.45, 7) is 2.81.